The van der Waals surface area contributed by atoms with Crippen molar-refractivity contribution in [1.29, 1.82) is 0 Å². The second kappa shape index (κ2) is 6.01. The summed E-state index contributed by atoms with van der Waals surface area (Å²) in [5, 5.41) is 14.1. The van der Waals surface area contributed by atoms with Gasteiger partial charge in [0.2, 0.25) is 0 Å². The Balaban J connectivity index is 1.92. The number of amides is 1. The Morgan fingerprint density at radius 2 is 1.83 bits per heavy atom. The van der Waals surface area contributed by atoms with E-state index in [0.29, 0.717) is 20.9 Å². The Hall–Kier alpha value is -2.80. The molecule has 0 bridgehead atoms. The van der Waals surface area contributed by atoms with Crippen LogP contribution in [0, 0.1) is 30.9 Å². The fraction of sp³-hybridized carbons (Fsp3) is 0.176. The van der Waals surface area contributed by atoms with Gasteiger partial charge >= 0.3 is 0 Å². The highest BCUT2D eigenvalue weighted by Crippen LogP contribution is 2.29. The van der Waals surface area contributed by atoms with Crippen LogP contribution in [-0.4, -0.2) is 15.8 Å². The van der Waals surface area contributed by atoms with Crippen molar-refractivity contribution >= 4 is 38.3 Å². The van der Waals surface area contributed by atoms with Gasteiger partial charge in [0.25, 0.3) is 11.6 Å². The molecule has 0 atom stereocenters. The van der Waals surface area contributed by atoms with E-state index < -0.39 is 4.92 Å². The van der Waals surface area contributed by atoms with E-state index in [4.69, 9.17) is 0 Å². The number of carbonyl (C=O) groups excluding carboxylic acids is 1. The van der Waals surface area contributed by atoms with E-state index in [-0.39, 0.29) is 11.6 Å². The van der Waals surface area contributed by atoms with E-state index >= 15 is 0 Å². The Labute approximate surface area is 142 Å². The number of thiazole rings is 1. The van der Waals surface area contributed by atoms with Gasteiger partial charge < -0.3 is 0 Å². The fourth-order valence-corrected chi connectivity index (χ4v) is 3.67. The summed E-state index contributed by atoms with van der Waals surface area (Å²) >= 11 is 1.22. The molecule has 0 spiro atoms. The number of anilines is 1. The van der Waals surface area contributed by atoms with E-state index in [1.807, 2.05) is 32.9 Å². The third-order valence-electron chi connectivity index (χ3n) is 3.71. The van der Waals surface area contributed by atoms with Crippen LogP contribution in [0.5, 0.6) is 0 Å². The number of hydrogen-bond donors (Lipinski definition) is 1. The third-order valence-corrected chi connectivity index (χ3v) is 4.64. The van der Waals surface area contributed by atoms with Crippen LogP contribution in [0.25, 0.3) is 10.2 Å². The summed E-state index contributed by atoms with van der Waals surface area (Å²) in [6.07, 6.45) is 0. The number of non-ortho nitro benzene ring substituents is 1. The van der Waals surface area contributed by atoms with Crippen LogP contribution in [0.3, 0.4) is 0 Å². The van der Waals surface area contributed by atoms with Crippen LogP contribution in [-0.2, 0) is 0 Å². The average Bonchev–Trinajstić information content (AvgIpc) is 2.86. The largest absolute Gasteiger partial charge is 0.298 e. The Bertz CT molecular complexity index is 955. The first-order valence-corrected chi connectivity index (χ1v) is 8.11. The van der Waals surface area contributed by atoms with Crippen molar-refractivity contribution in [2.24, 2.45) is 0 Å². The molecule has 0 unspecified atom stereocenters. The van der Waals surface area contributed by atoms with Crippen molar-refractivity contribution in [2.75, 3.05) is 5.32 Å². The topological polar surface area (TPSA) is 85.1 Å². The molecule has 1 N–H and O–H groups in total. The molecule has 0 saturated carbocycles. The number of aryl methyl sites for hydroxylation is 3. The number of nitrogens with zero attached hydrogens (tertiary/aromatic N) is 2. The van der Waals surface area contributed by atoms with Crippen molar-refractivity contribution < 1.29 is 9.72 Å². The summed E-state index contributed by atoms with van der Waals surface area (Å²) in [5.74, 6) is -0.224. The third kappa shape index (κ3) is 2.98. The van der Waals surface area contributed by atoms with Gasteiger partial charge in [-0.15, -0.1) is 0 Å². The smallest absolute Gasteiger partial charge is 0.270 e. The summed E-state index contributed by atoms with van der Waals surface area (Å²) in [6, 6.07) is 8.38. The zero-order valence-electron chi connectivity index (χ0n) is 13.4. The number of carbonyl (C=O) groups is 1. The maximum absolute atomic E-state index is 12.6. The number of aromatic nitrogens is 1. The molecule has 0 fully saturated rings. The SMILES string of the molecule is Cc1cc(C)c(C(=O)Nc2nc3ccc([N+](=O)[O-])cc3s2)c(C)c1. The van der Waals surface area contributed by atoms with Gasteiger partial charge in [0.1, 0.15) is 0 Å². The molecule has 0 saturated heterocycles. The van der Waals surface area contributed by atoms with Crippen molar-refractivity contribution in [1.82, 2.24) is 4.98 Å². The number of benzene rings is 2. The standard InChI is InChI=1S/C17H15N3O3S/c1-9-6-10(2)15(11(3)7-9)16(21)19-17-18-13-5-4-12(20(22)23)8-14(13)24-17/h4-8H,1-3H3,(H,18,19,21). The first-order chi connectivity index (χ1) is 11.3. The normalized spacial score (nSPS) is 10.8. The monoisotopic (exact) mass is 341 g/mol. The van der Waals surface area contributed by atoms with Crippen LogP contribution in [0.15, 0.2) is 30.3 Å². The van der Waals surface area contributed by atoms with Crippen molar-refractivity contribution in [3.05, 3.63) is 62.7 Å². The molecular formula is C17H15N3O3S. The molecule has 2 aromatic carbocycles. The fourth-order valence-electron chi connectivity index (χ4n) is 2.78. The number of rotatable bonds is 3. The molecule has 7 heteroatoms. The van der Waals surface area contributed by atoms with Crippen molar-refractivity contribution in [2.45, 2.75) is 20.8 Å². The molecule has 6 nitrogen and oxygen atoms in total. The summed E-state index contributed by atoms with van der Waals surface area (Å²) < 4.78 is 0.664. The highest BCUT2D eigenvalue weighted by Gasteiger charge is 2.16. The highest BCUT2D eigenvalue weighted by molar-refractivity contribution is 7.22. The molecule has 0 aliphatic heterocycles. The lowest BCUT2D eigenvalue weighted by molar-refractivity contribution is -0.384. The molecule has 122 valence electrons. The first kappa shape index (κ1) is 16.1. The zero-order chi connectivity index (χ0) is 17.4. The Morgan fingerprint density at radius 3 is 2.46 bits per heavy atom. The number of nitrogens with one attached hydrogen (secondary N) is 1. The predicted octanol–water partition coefficient (Wildman–Crippen LogP) is 4.38. The van der Waals surface area contributed by atoms with Crippen molar-refractivity contribution in [3.63, 3.8) is 0 Å². The molecule has 0 aliphatic rings. The van der Waals surface area contributed by atoms with Gasteiger partial charge in [-0.3, -0.25) is 20.2 Å². The number of nitro benzene ring substituents is 1. The van der Waals surface area contributed by atoms with E-state index in [0.717, 1.165) is 16.7 Å². The first-order valence-electron chi connectivity index (χ1n) is 7.29. The molecule has 0 aliphatic carbocycles. The lowest BCUT2D eigenvalue weighted by Crippen LogP contribution is -2.15. The number of fused-ring (bicyclic) bond motifs is 1. The molecular weight excluding hydrogens is 326 g/mol. The Morgan fingerprint density at radius 1 is 1.17 bits per heavy atom. The summed E-state index contributed by atoms with van der Waals surface area (Å²) in [4.78, 5) is 27.3. The summed E-state index contributed by atoms with van der Waals surface area (Å²) in [6.45, 7) is 5.79. The van der Waals surface area contributed by atoms with Crippen LogP contribution in [0.4, 0.5) is 10.8 Å². The van der Waals surface area contributed by atoms with Crippen LogP contribution in [0.1, 0.15) is 27.0 Å². The maximum atomic E-state index is 12.6. The average molecular weight is 341 g/mol. The minimum Gasteiger partial charge on any atom is -0.298 e. The van der Waals surface area contributed by atoms with Crippen LogP contribution < -0.4 is 5.32 Å². The van der Waals surface area contributed by atoms with E-state index in [1.54, 1.807) is 6.07 Å². The minimum atomic E-state index is -0.448. The number of hydrogen-bond acceptors (Lipinski definition) is 5. The van der Waals surface area contributed by atoms with Gasteiger partial charge in [0, 0.05) is 17.7 Å². The molecule has 0 radical (unpaired) electrons. The van der Waals surface area contributed by atoms with Gasteiger partial charge in [-0.25, -0.2) is 4.98 Å². The molecule has 1 heterocycles. The molecule has 1 aromatic heterocycles. The van der Waals surface area contributed by atoms with Crippen LogP contribution in [0.2, 0.25) is 0 Å². The lowest BCUT2D eigenvalue weighted by atomic mass is 9.99. The van der Waals surface area contributed by atoms with Gasteiger partial charge in [-0.2, -0.15) is 0 Å². The second-order valence-electron chi connectivity index (χ2n) is 5.66. The highest BCUT2D eigenvalue weighted by atomic mass is 32.1. The molecule has 3 aromatic rings. The van der Waals surface area contributed by atoms with Gasteiger partial charge in [-0.1, -0.05) is 29.0 Å². The zero-order valence-corrected chi connectivity index (χ0v) is 14.2. The lowest BCUT2D eigenvalue weighted by Gasteiger charge is -2.10. The summed E-state index contributed by atoms with van der Waals surface area (Å²) in [5.41, 5.74) is 4.18. The molecule has 1 amide bonds. The minimum absolute atomic E-state index is 0.00856. The summed E-state index contributed by atoms with van der Waals surface area (Å²) in [7, 11) is 0. The van der Waals surface area contributed by atoms with Gasteiger partial charge in [0.05, 0.1) is 15.1 Å². The quantitative estimate of drug-likeness (QED) is 0.566. The van der Waals surface area contributed by atoms with Gasteiger partial charge in [0.15, 0.2) is 5.13 Å². The molecule has 24 heavy (non-hydrogen) atoms. The van der Waals surface area contributed by atoms with E-state index in [1.165, 1.54) is 23.5 Å². The van der Waals surface area contributed by atoms with Gasteiger partial charge in [-0.05, 0) is 38.0 Å². The molecule has 3 rings (SSSR count). The Kier molecular flexibility index (Phi) is 4.02. The van der Waals surface area contributed by atoms with Crippen LogP contribution >= 0.6 is 11.3 Å². The number of nitro groups is 1. The second-order valence-corrected chi connectivity index (χ2v) is 6.69. The maximum Gasteiger partial charge on any atom is 0.270 e. The van der Waals surface area contributed by atoms with E-state index in [9.17, 15) is 14.9 Å². The van der Waals surface area contributed by atoms with Crippen molar-refractivity contribution in [3.8, 4) is 0 Å². The predicted molar refractivity (Wildman–Crippen MR) is 94.9 cm³/mol. The van der Waals surface area contributed by atoms with E-state index in [2.05, 4.69) is 10.3 Å².